The maximum Gasteiger partial charge on any atom is 0.306 e. The molecule has 2 aliphatic heterocycles. The molecule has 0 aromatic carbocycles. The summed E-state index contributed by atoms with van der Waals surface area (Å²) in [6, 6.07) is 0. The molecule has 2 aliphatic rings. The van der Waals surface area contributed by atoms with E-state index in [9.17, 15) is 45.3 Å². The minimum Gasteiger partial charge on any atom is -0.462 e. The van der Waals surface area contributed by atoms with Gasteiger partial charge in [-0.15, -0.1) is 0 Å². The topological polar surface area (TPSA) is 231 Å². The van der Waals surface area contributed by atoms with E-state index in [1.807, 2.05) is 0 Å². The van der Waals surface area contributed by atoms with E-state index in [0.29, 0.717) is 12.8 Å². The molecule has 4 unspecified atom stereocenters. The van der Waals surface area contributed by atoms with E-state index in [0.717, 1.165) is 64.2 Å². The second-order valence-corrected chi connectivity index (χ2v) is 17.6. The lowest BCUT2D eigenvalue weighted by atomic mass is 9.98. The molecule has 0 aromatic rings. The fourth-order valence-electron chi connectivity index (χ4n) is 7.61. The van der Waals surface area contributed by atoms with Gasteiger partial charge in [0.1, 0.15) is 55.4 Å². The molecule has 2 rings (SSSR count). The standard InChI is InChI=1S/C51H88O15/c1-3-5-7-9-11-13-15-16-17-18-19-20-21-22-24-25-27-29-31-33-42(53)61-36-39(64-43(54)34-32-30-28-26-23-14-12-10-8-6-4-2)37-62-50-49(60)47(58)45(56)41(66-50)38-63-51-48(59)46(57)44(55)40(35-52)65-51/h11,13,16-17,19-20,22,24,39-41,44-52,55-60H,3-10,12,14-15,18,21,23,25-38H2,1-2H3/b13-11+,17-16+,20-19+,24-22+/t39-,40+,41+,44-,45-,46?,47?,48?,49?,50+,51+/m0/s1. The van der Waals surface area contributed by atoms with Gasteiger partial charge in [-0.1, -0.05) is 146 Å². The van der Waals surface area contributed by atoms with Crippen molar-refractivity contribution in [2.45, 2.75) is 235 Å². The zero-order valence-corrected chi connectivity index (χ0v) is 40.2. The summed E-state index contributed by atoms with van der Waals surface area (Å²) in [7, 11) is 0. The SMILES string of the molecule is CCCCC/C=C/C/C=C/C/C=C/C/C=C/CCCCCC(=O)OC[C@@H](CO[C@@H]1O[C@H](CO[C@@H]2O[C@H](CO)[C@H](O)C(O)C2O)[C@H](O)C(O)C1O)OC(=O)CCCCCCCCCCCCC. The van der Waals surface area contributed by atoms with Gasteiger partial charge in [-0.3, -0.25) is 9.59 Å². The number of aliphatic hydroxyl groups is 7. The van der Waals surface area contributed by atoms with Crippen LogP contribution in [0.2, 0.25) is 0 Å². The number of unbranched alkanes of at least 4 members (excludes halogenated alkanes) is 16. The van der Waals surface area contributed by atoms with Gasteiger partial charge in [-0.25, -0.2) is 0 Å². The number of carbonyl (C=O) groups excluding carboxylic acids is 2. The van der Waals surface area contributed by atoms with Crippen LogP contribution >= 0.6 is 0 Å². The summed E-state index contributed by atoms with van der Waals surface area (Å²) in [5.41, 5.74) is 0. The van der Waals surface area contributed by atoms with E-state index in [2.05, 4.69) is 62.5 Å². The number of carbonyl (C=O) groups is 2. The number of hydrogen-bond acceptors (Lipinski definition) is 15. The third-order valence-electron chi connectivity index (χ3n) is 11.8. The van der Waals surface area contributed by atoms with Crippen molar-refractivity contribution in [2.24, 2.45) is 0 Å². The molecule has 0 aliphatic carbocycles. The predicted octanol–water partition coefficient (Wildman–Crippen LogP) is 6.71. The molecule has 0 spiro atoms. The first-order chi connectivity index (χ1) is 32.0. The monoisotopic (exact) mass is 941 g/mol. The van der Waals surface area contributed by atoms with Crippen LogP contribution in [0.25, 0.3) is 0 Å². The molecule has 66 heavy (non-hydrogen) atoms. The van der Waals surface area contributed by atoms with Crippen molar-refractivity contribution in [3.05, 3.63) is 48.6 Å². The van der Waals surface area contributed by atoms with Crippen LogP contribution in [0, 0.1) is 0 Å². The first-order valence-corrected chi connectivity index (χ1v) is 25.2. The normalized spacial score (nSPS) is 26.6. The number of aliphatic hydroxyl groups excluding tert-OH is 7. The third-order valence-corrected chi connectivity index (χ3v) is 11.8. The second-order valence-electron chi connectivity index (χ2n) is 17.6. The zero-order chi connectivity index (χ0) is 48.2. The fourth-order valence-corrected chi connectivity index (χ4v) is 7.61. The number of allylic oxidation sites excluding steroid dienone is 8. The number of rotatable bonds is 38. The van der Waals surface area contributed by atoms with Gasteiger partial charge in [0.2, 0.25) is 0 Å². The molecule has 11 atom stereocenters. The predicted molar refractivity (Wildman–Crippen MR) is 252 cm³/mol. The van der Waals surface area contributed by atoms with Gasteiger partial charge in [0.05, 0.1) is 19.8 Å². The van der Waals surface area contributed by atoms with E-state index >= 15 is 0 Å². The van der Waals surface area contributed by atoms with E-state index in [1.165, 1.54) is 64.2 Å². The second kappa shape index (κ2) is 38.3. The van der Waals surface area contributed by atoms with E-state index in [-0.39, 0.29) is 19.4 Å². The Hall–Kier alpha value is -2.54. The highest BCUT2D eigenvalue weighted by Crippen LogP contribution is 2.26. The van der Waals surface area contributed by atoms with Gasteiger partial charge in [0, 0.05) is 12.8 Å². The van der Waals surface area contributed by atoms with Crippen LogP contribution < -0.4 is 0 Å². The first kappa shape index (κ1) is 59.6. The van der Waals surface area contributed by atoms with Gasteiger partial charge >= 0.3 is 11.9 Å². The van der Waals surface area contributed by atoms with Gasteiger partial charge in [0.25, 0.3) is 0 Å². The maximum absolute atomic E-state index is 12.9. The van der Waals surface area contributed by atoms with Crippen LogP contribution in [0.4, 0.5) is 0 Å². The Morgan fingerprint density at radius 2 is 0.909 bits per heavy atom. The minimum atomic E-state index is -1.77. The molecule has 7 N–H and O–H groups in total. The number of hydrogen-bond donors (Lipinski definition) is 7. The van der Waals surface area contributed by atoms with Crippen LogP contribution in [0.15, 0.2) is 48.6 Å². The van der Waals surface area contributed by atoms with Gasteiger partial charge in [0.15, 0.2) is 18.7 Å². The smallest absolute Gasteiger partial charge is 0.306 e. The Morgan fingerprint density at radius 3 is 1.45 bits per heavy atom. The first-order valence-electron chi connectivity index (χ1n) is 25.2. The van der Waals surface area contributed by atoms with E-state index in [1.54, 1.807) is 0 Å². The van der Waals surface area contributed by atoms with Crippen molar-refractivity contribution in [2.75, 3.05) is 26.4 Å². The summed E-state index contributed by atoms with van der Waals surface area (Å²) in [6.07, 6.45) is 24.3. The van der Waals surface area contributed by atoms with Crippen LogP contribution in [0.1, 0.15) is 168 Å². The summed E-state index contributed by atoms with van der Waals surface area (Å²) >= 11 is 0. The Morgan fingerprint density at radius 1 is 0.485 bits per heavy atom. The Kier molecular flexibility index (Phi) is 34.6. The molecule has 0 radical (unpaired) electrons. The molecule has 0 bridgehead atoms. The van der Waals surface area contributed by atoms with Gasteiger partial charge < -0.3 is 64.2 Å². The van der Waals surface area contributed by atoms with Crippen molar-refractivity contribution in [1.82, 2.24) is 0 Å². The highest BCUT2D eigenvalue weighted by atomic mass is 16.7. The molecular formula is C51H88O15. The Balaban J connectivity index is 1.82. The molecule has 2 fully saturated rings. The average Bonchev–Trinajstić information content (AvgIpc) is 3.31. The van der Waals surface area contributed by atoms with E-state index < -0.39 is 99.3 Å². The number of ether oxygens (including phenoxy) is 6. The average molecular weight is 941 g/mol. The largest absolute Gasteiger partial charge is 0.462 e. The van der Waals surface area contributed by atoms with Crippen LogP contribution in [0.3, 0.4) is 0 Å². The quantitative estimate of drug-likeness (QED) is 0.0194. The van der Waals surface area contributed by atoms with Crippen molar-refractivity contribution in [3.63, 3.8) is 0 Å². The Labute approximate surface area is 395 Å². The molecule has 15 nitrogen and oxygen atoms in total. The molecule has 2 heterocycles. The highest BCUT2D eigenvalue weighted by molar-refractivity contribution is 5.70. The van der Waals surface area contributed by atoms with Gasteiger partial charge in [-0.05, 0) is 57.8 Å². The third kappa shape index (κ3) is 26.3. The molecule has 15 heteroatoms. The summed E-state index contributed by atoms with van der Waals surface area (Å²) in [6.45, 7) is 2.51. The minimum absolute atomic E-state index is 0.158. The molecule has 382 valence electrons. The maximum atomic E-state index is 12.9. The number of esters is 2. The van der Waals surface area contributed by atoms with Gasteiger partial charge in [-0.2, -0.15) is 0 Å². The van der Waals surface area contributed by atoms with E-state index in [4.69, 9.17) is 28.4 Å². The Bertz CT molecular complexity index is 1340. The lowest BCUT2D eigenvalue weighted by Gasteiger charge is -2.42. The summed E-state index contributed by atoms with van der Waals surface area (Å²) in [5, 5.41) is 72.0. The summed E-state index contributed by atoms with van der Waals surface area (Å²) in [5.74, 6) is -0.962. The van der Waals surface area contributed by atoms with Crippen molar-refractivity contribution in [3.8, 4) is 0 Å². The molecule has 0 saturated carbocycles. The van der Waals surface area contributed by atoms with Crippen LogP contribution in [-0.4, -0.2) is 142 Å². The molecule has 0 aromatic heterocycles. The molecule has 0 amide bonds. The fraction of sp³-hybridized carbons (Fsp3) is 0.804. The lowest BCUT2D eigenvalue weighted by Crippen LogP contribution is -2.61. The highest BCUT2D eigenvalue weighted by Gasteiger charge is 2.47. The van der Waals surface area contributed by atoms with Crippen molar-refractivity contribution >= 4 is 11.9 Å². The van der Waals surface area contributed by atoms with Crippen molar-refractivity contribution in [1.29, 1.82) is 0 Å². The lowest BCUT2D eigenvalue weighted by molar-refractivity contribution is -0.332. The molecular weight excluding hydrogens is 853 g/mol. The van der Waals surface area contributed by atoms with Crippen LogP contribution in [-0.2, 0) is 38.0 Å². The van der Waals surface area contributed by atoms with Crippen molar-refractivity contribution < 1.29 is 73.8 Å². The van der Waals surface area contributed by atoms with Crippen LogP contribution in [0.5, 0.6) is 0 Å². The summed E-state index contributed by atoms with van der Waals surface area (Å²) in [4.78, 5) is 25.7. The zero-order valence-electron chi connectivity index (χ0n) is 40.2. The molecule has 2 saturated heterocycles. The summed E-state index contributed by atoms with van der Waals surface area (Å²) < 4.78 is 33.5.